The Labute approximate surface area is 113 Å². The van der Waals surface area contributed by atoms with E-state index in [1.807, 2.05) is 12.1 Å². The molecule has 0 radical (unpaired) electrons. The van der Waals surface area contributed by atoms with E-state index in [9.17, 15) is 4.79 Å². The van der Waals surface area contributed by atoms with Gasteiger partial charge in [-0.2, -0.15) is 0 Å². The molecule has 0 saturated heterocycles. The summed E-state index contributed by atoms with van der Waals surface area (Å²) < 4.78 is 0. The molecule has 0 heterocycles. The van der Waals surface area contributed by atoms with E-state index in [1.54, 1.807) is 12.1 Å². The van der Waals surface area contributed by atoms with Crippen LogP contribution in [0.1, 0.15) is 20.3 Å². The molecule has 0 aromatic heterocycles. The molecule has 18 heavy (non-hydrogen) atoms. The van der Waals surface area contributed by atoms with Crippen molar-refractivity contribution in [3.05, 3.63) is 29.3 Å². The van der Waals surface area contributed by atoms with Crippen LogP contribution in [-0.2, 0) is 4.79 Å². The van der Waals surface area contributed by atoms with E-state index in [4.69, 9.17) is 11.6 Å². The molecule has 1 aliphatic carbocycles. The van der Waals surface area contributed by atoms with E-state index in [-0.39, 0.29) is 5.91 Å². The molecule has 2 rings (SSSR count). The standard InChI is InChI=1S/C14H19ClN2O/c1-14(2)7-10(14)8-16-9-13(18)17-12-6-4-3-5-11(12)15/h3-6,10,16H,7-9H2,1-2H3,(H,17,18). The summed E-state index contributed by atoms with van der Waals surface area (Å²) >= 11 is 5.97. The number of hydrogen-bond donors (Lipinski definition) is 2. The van der Waals surface area contributed by atoms with Gasteiger partial charge in [-0.15, -0.1) is 0 Å². The smallest absolute Gasteiger partial charge is 0.238 e. The highest BCUT2D eigenvalue weighted by Crippen LogP contribution is 2.50. The summed E-state index contributed by atoms with van der Waals surface area (Å²) in [7, 11) is 0. The second-order valence-corrected chi connectivity index (χ2v) is 5.96. The fourth-order valence-electron chi connectivity index (χ4n) is 2.04. The second kappa shape index (κ2) is 5.29. The van der Waals surface area contributed by atoms with Crippen LogP contribution in [0, 0.1) is 11.3 Å². The van der Waals surface area contributed by atoms with Gasteiger partial charge in [-0.3, -0.25) is 4.79 Å². The molecule has 0 spiro atoms. The number of rotatable bonds is 5. The predicted molar refractivity (Wildman–Crippen MR) is 74.8 cm³/mol. The number of halogens is 1. The minimum Gasteiger partial charge on any atom is -0.324 e. The first kappa shape index (κ1) is 13.4. The maximum Gasteiger partial charge on any atom is 0.238 e. The highest BCUT2D eigenvalue weighted by Gasteiger charge is 2.44. The van der Waals surface area contributed by atoms with Crippen LogP contribution in [0.15, 0.2) is 24.3 Å². The summed E-state index contributed by atoms with van der Waals surface area (Å²) in [6.45, 7) is 5.74. The molecule has 1 amide bonds. The van der Waals surface area contributed by atoms with Crippen LogP contribution in [0.3, 0.4) is 0 Å². The maximum absolute atomic E-state index is 11.7. The zero-order chi connectivity index (χ0) is 13.2. The lowest BCUT2D eigenvalue weighted by atomic mass is 10.1. The molecule has 0 bridgehead atoms. The summed E-state index contributed by atoms with van der Waals surface area (Å²) in [6.07, 6.45) is 1.24. The van der Waals surface area contributed by atoms with E-state index in [0.29, 0.717) is 28.6 Å². The van der Waals surface area contributed by atoms with Gasteiger partial charge in [0.2, 0.25) is 5.91 Å². The fraction of sp³-hybridized carbons (Fsp3) is 0.500. The van der Waals surface area contributed by atoms with Gasteiger partial charge in [-0.05, 0) is 36.4 Å². The average molecular weight is 267 g/mol. The van der Waals surface area contributed by atoms with Gasteiger partial charge >= 0.3 is 0 Å². The second-order valence-electron chi connectivity index (χ2n) is 5.55. The summed E-state index contributed by atoms with van der Waals surface area (Å²) in [4.78, 5) is 11.7. The molecule has 1 aromatic rings. The Bertz CT molecular complexity index is 445. The first-order valence-electron chi connectivity index (χ1n) is 6.24. The van der Waals surface area contributed by atoms with Crippen LogP contribution in [0.2, 0.25) is 5.02 Å². The predicted octanol–water partition coefficient (Wildman–Crippen LogP) is 2.91. The van der Waals surface area contributed by atoms with Crippen molar-refractivity contribution < 1.29 is 4.79 Å². The van der Waals surface area contributed by atoms with E-state index in [1.165, 1.54) is 6.42 Å². The highest BCUT2D eigenvalue weighted by molar-refractivity contribution is 6.33. The van der Waals surface area contributed by atoms with Crippen molar-refractivity contribution in [2.45, 2.75) is 20.3 Å². The Kier molecular flexibility index (Phi) is 3.93. The van der Waals surface area contributed by atoms with Crippen molar-refractivity contribution in [1.82, 2.24) is 5.32 Å². The van der Waals surface area contributed by atoms with E-state index >= 15 is 0 Å². The summed E-state index contributed by atoms with van der Waals surface area (Å²) in [6, 6.07) is 7.24. The molecule has 3 nitrogen and oxygen atoms in total. The third-order valence-electron chi connectivity index (χ3n) is 3.54. The molecule has 1 aliphatic rings. The molecule has 98 valence electrons. The lowest BCUT2D eigenvalue weighted by Crippen LogP contribution is -2.30. The SMILES string of the molecule is CC1(C)CC1CNCC(=O)Nc1ccccc1Cl. The van der Waals surface area contributed by atoms with Gasteiger partial charge in [0.05, 0.1) is 17.3 Å². The fourth-order valence-corrected chi connectivity index (χ4v) is 2.22. The maximum atomic E-state index is 11.7. The third kappa shape index (κ3) is 3.47. The normalized spacial score (nSPS) is 20.5. The van der Waals surface area contributed by atoms with Gasteiger partial charge in [-0.25, -0.2) is 0 Å². The topological polar surface area (TPSA) is 41.1 Å². The minimum absolute atomic E-state index is 0.0541. The third-order valence-corrected chi connectivity index (χ3v) is 3.87. The van der Waals surface area contributed by atoms with Gasteiger partial charge in [0, 0.05) is 0 Å². The van der Waals surface area contributed by atoms with Crippen molar-refractivity contribution >= 4 is 23.2 Å². The number of anilines is 1. The molecule has 0 aliphatic heterocycles. The van der Waals surface area contributed by atoms with Crippen molar-refractivity contribution in [3.63, 3.8) is 0 Å². The largest absolute Gasteiger partial charge is 0.324 e. The van der Waals surface area contributed by atoms with Crippen LogP contribution in [-0.4, -0.2) is 19.0 Å². The quantitative estimate of drug-likeness (QED) is 0.860. The molecular formula is C14H19ClN2O. The van der Waals surface area contributed by atoms with Gasteiger partial charge < -0.3 is 10.6 Å². The lowest BCUT2D eigenvalue weighted by Gasteiger charge is -2.08. The van der Waals surface area contributed by atoms with Crippen LogP contribution >= 0.6 is 11.6 Å². The van der Waals surface area contributed by atoms with Gasteiger partial charge in [-0.1, -0.05) is 37.6 Å². The number of carbonyl (C=O) groups excluding carboxylic acids is 1. The highest BCUT2D eigenvalue weighted by atomic mass is 35.5. The van der Waals surface area contributed by atoms with Gasteiger partial charge in [0.1, 0.15) is 0 Å². The Hall–Kier alpha value is -1.06. The number of para-hydroxylation sites is 1. The molecule has 1 fully saturated rings. The summed E-state index contributed by atoms with van der Waals surface area (Å²) in [5.74, 6) is 0.646. The minimum atomic E-state index is -0.0541. The Balaban J connectivity index is 1.71. The Morgan fingerprint density at radius 2 is 2.11 bits per heavy atom. The summed E-state index contributed by atoms with van der Waals surface area (Å²) in [5, 5.41) is 6.54. The molecular weight excluding hydrogens is 248 g/mol. The molecule has 4 heteroatoms. The molecule has 2 N–H and O–H groups in total. The number of amides is 1. The number of nitrogens with one attached hydrogen (secondary N) is 2. The van der Waals surface area contributed by atoms with Crippen LogP contribution < -0.4 is 10.6 Å². The van der Waals surface area contributed by atoms with E-state index < -0.39 is 0 Å². The zero-order valence-corrected chi connectivity index (χ0v) is 11.6. The summed E-state index contributed by atoms with van der Waals surface area (Å²) in [5.41, 5.74) is 1.12. The first-order chi connectivity index (χ1) is 8.49. The number of benzene rings is 1. The van der Waals surface area contributed by atoms with Crippen LogP contribution in [0.4, 0.5) is 5.69 Å². The number of carbonyl (C=O) groups is 1. The van der Waals surface area contributed by atoms with E-state index in [2.05, 4.69) is 24.5 Å². The molecule has 1 unspecified atom stereocenters. The monoisotopic (exact) mass is 266 g/mol. The molecule has 1 saturated carbocycles. The van der Waals surface area contributed by atoms with Crippen molar-refractivity contribution in [1.29, 1.82) is 0 Å². The Morgan fingerprint density at radius 1 is 1.44 bits per heavy atom. The van der Waals surface area contributed by atoms with Crippen molar-refractivity contribution in [2.75, 3.05) is 18.4 Å². The average Bonchev–Trinajstić information content (AvgIpc) is 2.90. The van der Waals surface area contributed by atoms with Crippen LogP contribution in [0.25, 0.3) is 0 Å². The molecule has 1 atom stereocenters. The molecule has 1 aromatic carbocycles. The number of hydrogen-bond acceptors (Lipinski definition) is 2. The van der Waals surface area contributed by atoms with Crippen molar-refractivity contribution in [2.24, 2.45) is 11.3 Å². The van der Waals surface area contributed by atoms with E-state index in [0.717, 1.165) is 6.54 Å². The zero-order valence-electron chi connectivity index (χ0n) is 10.8. The Morgan fingerprint density at radius 3 is 2.72 bits per heavy atom. The van der Waals surface area contributed by atoms with Gasteiger partial charge in [0.15, 0.2) is 0 Å². The van der Waals surface area contributed by atoms with Gasteiger partial charge in [0.25, 0.3) is 0 Å². The van der Waals surface area contributed by atoms with Crippen molar-refractivity contribution in [3.8, 4) is 0 Å². The van der Waals surface area contributed by atoms with Crippen LogP contribution in [0.5, 0.6) is 0 Å². The first-order valence-corrected chi connectivity index (χ1v) is 6.62. The lowest BCUT2D eigenvalue weighted by molar-refractivity contribution is -0.115.